The van der Waals surface area contributed by atoms with Gasteiger partial charge in [0.25, 0.3) is 0 Å². The van der Waals surface area contributed by atoms with Gasteiger partial charge in [-0.1, -0.05) is 32.9 Å². The molecule has 0 fully saturated rings. The monoisotopic (exact) mass is 175 g/mol. The van der Waals surface area contributed by atoms with E-state index >= 15 is 0 Å². The smallest absolute Gasteiger partial charge is 0.0629 e. The molecule has 1 aromatic rings. The lowest BCUT2D eigenvalue weighted by atomic mass is 9.91. The number of hydrogen-bond acceptors (Lipinski definition) is 1. The van der Waals surface area contributed by atoms with Crippen LogP contribution >= 0.6 is 0 Å². The molecule has 0 saturated carbocycles. The second-order valence-corrected chi connectivity index (χ2v) is 4.20. The van der Waals surface area contributed by atoms with E-state index in [1.165, 1.54) is 0 Å². The van der Waals surface area contributed by atoms with E-state index in [0.717, 1.165) is 11.4 Å². The van der Waals surface area contributed by atoms with Gasteiger partial charge in [0.1, 0.15) is 0 Å². The van der Waals surface area contributed by atoms with Gasteiger partial charge in [-0.15, -0.1) is 0 Å². The molecule has 0 saturated heterocycles. The molecule has 1 heteroatoms. The van der Waals surface area contributed by atoms with Gasteiger partial charge in [0.2, 0.25) is 0 Å². The number of allylic oxidation sites excluding steroid dienone is 1. The first-order valence-corrected chi connectivity index (χ1v) is 4.64. The van der Waals surface area contributed by atoms with Crippen molar-refractivity contribution in [1.82, 2.24) is 4.98 Å². The summed E-state index contributed by atoms with van der Waals surface area (Å²) in [5, 5.41) is 0. The van der Waals surface area contributed by atoms with Crippen molar-refractivity contribution >= 4 is 6.08 Å². The summed E-state index contributed by atoms with van der Waals surface area (Å²) >= 11 is 0. The van der Waals surface area contributed by atoms with E-state index in [9.17, 15) is 0 Å². The van der Waals surface area contributed by atoms with Crippen LogP contribution in [0.15, 0.2) is 24.3 Å². The van der Waals surface area contributed by atoms with E-state index in [4.69, 9.17) is 0 Å². The van der Waals surface area contributed by atoms with Crippen molar-refractivity contribution in [2.45, 2.75) is 33.1 Å². The highest BCUT2D eigenvalue weighted by Crippen LogP contribution is 2.19. The molecule has 0 aliphatic carbocycles. The lowest BCUT2D eigenvalue weighted by Gasteiger charge is -2.17. The Morgan fingerprint density at radius 2 is 1.92 bits per heavy atom. The Balaban J connectivity index is 3.05. The third-order valence-electron chi connectivity index (χ3n) is 1.88. The van der Waals surface area contributed by atoms with Crippen molar-refractivity contribution < 1.29 is 0 Å². The van der Waals surface area contributed by atoms with Crippen LogP contribution in [0.1, 0.15) is 39.1 Å². The molecule has 0 atom stereocenters. The summed E-state index contributed by atoms with van der Waals surface area (Å²) in [4.78, 5) is 4.55. The predicted octanol–water partition coefficient (Wildman–Crippen LogP) is 3.41. The topological polar surface area (TPSA) is 12.9 Å². The number of rotatable bonds is 1. The number of nitrogens with zero attached hydrogens (tertiary/aromatic N) is 1. The van der Waals surface area contributed by atoms with Gasteiger partial charge in [-0.3, -0.25) is 4.98 Å². The standard InChI is InChI=1S/C12H17N/c1-5-7-10-8-6-9-11(13-10)12(2,3)4/h5-9H,1-4H3/b7-5+. The van der Waals surface area contributed by atoms with Gasteiger partial charge in [-0.2, -0.15) is 0 Å². The molecule has 0 amide bonds. The van der Waals surface area contributed by atoms with E-state index in [0.29, 0.717) is 0 Å². The Morgan fingerprint density at radius 1 is 1.23 bits per heavy atom. The Bertz CT molecular complexity index is 305. The van der Waals surface area contributed by atoms with E-state index in [1.807, 2.05) is 25.1 Å². The van der Waals surface area contributed by atoms with Crippen LogP contribution in [0.2, 0.25) is 0 Å². The van der Waals surface area contributed by atoms with Crippen LogP contribution in [-0.2, 0) is 5.41 Å². The van der Waals surface area contributed by atoms with E-state index in [-0.39, 0.29) is 5.41 Å². The molecule has 1 rings (SSSR count). The fourth-order valence-electron chi connectivity index (χ4n) is 1.13. The molecule has 1 heterocycles. The highest BCUT2D eigenvalue weighted by molar-refractivity contribution is 5.44. The summed E-state index contributed by atoms with van der Waals surface area (Å²) in [6, 6.07) is 6.16. The van der Waals surface area contributed by atoms with Crippen molar-refractivity contribution in [1.29, 1.82) is 0 Å². The summed E-state index contributed by atoms with van der Waals surface area (Å²) < 4.78 is 0. The van der Waals surface area contributed by atoms with Gasteiger partial charge in [0.05, 0.1) is 5.69 Å². The highest BCUT2D eigenvalue weighted by Gasteiger charge is 2.14. The Morgan fingerprint density at radius 3 is 2.46 bits per heavy atom. The zero-order chi connectivity index (χ0) is 9.90. The summed E-state index contributed by atoms with van der Waals surface area (Å²) in [6.45, 7) is 8.53. The first kappa shape index (κ1) is 9.97. The van der Waals surface area contributed by atoms with Crippen LogP contribution in [0.25, 0.3) is 6.08 Å². The maximum atomic E-state index is 4.55. The molecule has 70 valence electrons. The summed E-state index contributed by atoms with van der Waals surface area (Å²) in [7, 11) is 0. The van der Waals surface area contributed by atoms with Gasteiger partial charge in [-0.05, 0) is 25.1 Å². The van der Waals surface area contributed by atoms with Crippen molar-refractivity contribution in [2.75, 3.05) is 0 Å². The fourth-order valence-corrected chi connectivity index (χ4v) is 1.13. The maximum absolute atomic E-state index is 4.55. The summed E-state index contributed by atoms with van der Waals surface area (Å²) in [6.07, 6.45) is 4.03. The zero-order valence-corrected chi connectivity index (χ0v) is 8.83. The van der Waals surface area contributed by atoms with E-state index < -0.39 is 0 Å². The van der Waals surface area contributed by atoms with E-state index in [1.54, 1.807) is 0 Å². The first-order valence-electron chi connectivity index (χ1n) is 4.64. The highest BCUT2D eigenvalue weighted by atomic mass is 14.7. The lowest BCUT2D eigenvalue weighted by Crippen LogP contribution is -2.13. The minimum atomic E-state index is 0.136. The SMILES string of the molecule is C/C=C/c1cccc(C(C)(C)C)n1. The van der Waals surface area contributed by atoms with Crippen LogP contribution in [0.3, 0.4) is 0 Å². The molecule has 0 aromatic carbocycles. The lowest BCUT2D eigenvalue weighted by molar-refractivity contribution is 0.568. The van der Waals surface area contributed by atoms with Crippen molar-refractivity contribution in [3.05, 3.63) is 35.7 Å². The van der Waals surface area contributed by atoms with Crippen molar-refractivity contribution in [3.8, 4) is 0 Å². The summed E-state index contributed by atoms with van der Waals surface area (Å²) in [5.74, 6) is 0. The second-order valence-electron chi connectivity index (χ2n) is 4.20. The number of aromatic nitrogens is 1. The Hall–Kier alpha value is -1.11. The van der Waals surface area contributed by atoms with Gasteiger partial charge >= 0.3 is 0 Å². The Labute approximate surface area is 80.5 Å². The molecule has 0 N–H and O–H groups in total. The second kappa shape index (κ2) is 3.73. The normalized spacial score (nSPS) is 12.3. The third kappa shape index (κ3) is 2.69. The average Bonchev–Trinajstić information content (AvgIpc) is 2.04. The van der Waals surface area contributed by atoms with Gasteiger partial charge in [0, 0.05) is 11.1 Å². The molecule has 0 spiro atoms. The maximum Gasteiger partial charge on any atom is 0.0629 e. The van der Waals surface area contributed by atoms with Crippen molar-refractivity contribution in [2.24, 2.45) is 0 Å². The van der Waals surface area contributed by atoms with Crippen LogP contribution in [0.5, 0.6) is 0 Å². The number of hydrogen-bond donors (Lipinski definition) is 0. The molecule has 0 unspecified atom stereocenters. The molecule has 0 aliphatic rings. The number of pyridine rings is 1. The predicted molar refractivity (Wildman–Crippen MR) is 57.6 cm³/mol. The zero-order valence-electron chi connectivity index (χ0n) is 8.83. The summed E-state index contributed by atoms with van der Waals surface area (Å²) in [5.41, 5.74) is 2.32. The largest absolute Gasteiger partial charge is 0.253 e. The van der Waals surface area contributed by atoms with Gasteiger partial charge < -0.3 is 0 Å². The molecule has 13 heavy (non-hydrogen) atoms. The Kier molecular flexibility index (Phi) is 2.86. The molecule has 0 radical (unpaired) electrons. The third-order valence-corrected chi connectivity index (χ3v) is 1.88. The minimum Gasteiger partial charge on any atom is -0.253 e. The van der Waals surface area contributed by atoms with Crippen LogP contribution in [-0.4, -0.2) is 4.98 Å². The first-order chi connectivity index (χ1) is 6.04. The van der Waals surface area contributed by atoms with Gasteiger partial charge in [-0.25, -0.2) is 0 Å². The molecular weight excluding hydrogens is 158 g/mol. The quantitative estimate of drug-likeness (QED) is 0.637. The van der Waals surface area contributed by atoms with Crippen LogP contribution in [0.4, 0.5) is 0 Å². The van der Waals surface area contributed by atoms with E-state index in [2.05, 4.69) is 37.9 Å². The van der Waals surface area contributed by atoms with Crippen LogP contribution < -0.4 is 0 Å². The molecular formula is C12H17N. The molecule has 0 aliphatic heterocycles. The van der Waals surface area contributed by atoms with Crippen molar-refractivity contribution in [3.63, 3.8) is 0 Å². The molecule has 0 bridgehead atoms. The molecule has 1 nitrogen and oxygen atoms in total. The minimum absolute atomic E-state index is 0.136. The van der Waals surface area contributed by atoms with Gasteiger partial charge in [0.15, 0.2) is 0 Å². The van der Waals surface area contributed by atoms with Crippen LogP contribution in [0, 0.1) is 0 Å². The fraction of sp³-hybridized carbons (Fsp3) is 0.417. The average molecular weight is 175 g/mol. The molecule has 1 aromatic heterocycles.